The standard InChI is InChI=1S/C27H25N3O2/c1-3-4-18-32-27-21(8-7-11-25(27)31-2)14-17-26-29-23-9-5-6-10-24(23)30(26)22-15-12-20(19-28)13-16-22/h5-17H,3-4,18H2,1-2H3. The highest BCUT2D eigenvalue weighted by Gasteiger charge is 2.12. The van der Waals surface area contributed by atoms with E-state index in [-0.39, 0.29) is 0 Å². The van der Waals surface area contributed by atoms with Crippen molar-refractivity contribution in [3.05, 3.63) is 83.7 Å². The van der Waals surface area contributed by atoms with Crippen LogP contribution in [0.2, 0.25) is 0 Å². The molecule has 160 valence electrons. The zero-order chi connectivity index (χ0) is 22.3. The summed E-state index contributed by atoms with van der Waals surface area (Å²) >= 11 is 0. The average molecular weight is 424 g/mol. The van der Waals surface area contributed by atoms with Crippen molar-refractivity contribution >= 4 is 23.2 Å². The molecule has 0 amide bonds. The van der Waals surface area contributed by atoms with Gasteiger partial charge in [0.2, 0.25) is 0 Å². The molecule has 0 saturated heterocycles. The summed E-state index contributed by atoms with van der Waals surface area (Å²) in [6.45, 7) is 2.78. The smallest absolute Gasteiger partial charge is 0.168 e. The van der Waals surface area contributed by atoms with Crippen LogP contribution < -0.4 is 9.47 Å². The van der Waals surface area contributed by atoms with Crippen LogP contribution >= 0.6 is 0 Å². The molecule has 5 heteroatoms. The summed E-state index contributed by atoms with van der Waals surface area (Å²) in [4.78, 5) is 4.83. The third kappa shape index (κ3) is 4.35. The predicted molar refractivity (Wildman–Crippen MR) is 128 cm³/mol. The van der Waals surface area contributed by atoms with Crippen molar-refractivity contribution in [2.24, 2.45) is 0 Å². The van der Waals surface area contributed by atoms with Crippen LogP contribution in [0.4, 0.5) is 0 Å². The van der Waals surface area contributed by atoms with Gasteiger partial charge < -0.3 is 9.47 Å². The Morgan fingerprint density at radius 2 is 1.81 bits per heavy atom. The second-order valence-corrected chi connectivity index (χ2v) is 7.37. The molecule has 0 saturated carbocycles. The number of fused-ring (bicyclic) bond motifs is 1. The molecule has 1 heterocycles. The molecule has 0 bridgehead atoms. The van der Waals surface area contributed by atoms with Crippen LogP contribution in [-0.4, -0.2) is 23.3 Å². The number of unbranched alkanes of at least 4 members (excludes halogenated alkanes) is 1. The quantitative estimate of drug-likeness (QED) is 0.314. The third-order valence-corrected chi connectivity index (χ3v) is 5.23. The molecule has 0 aliphatic carbocycles. The fourth-order valence-corrected chi connectivity index (χ4v) is 3.57. The van der Waals surface area contributed by atoms with Gasteiger partial charge >= 0.3 is 0 Å². The van der Waals surface area contributed by atoms with Gasteiger partial charge in [-0.05, 0) is 61.0 Å². The Bertz CT molecular complexity index is 1280. The number of imidazole rings is 1. The third-order valence-electron chi connectivity index (χ3n) is 5.23. The maximum atomic E-state index is 9.14. The molecule has 5 nitrogen and oxygen atoms in total. The topological polar surface area (TPSA) is 60.1 Å². The van der Waals surface area contributed by atoms with Crippen molar-refractivity contribution in [2.75, 3.05) is 13.7 Å². The Morgan fingerprint density at radius 1 is 1.00 bits per heavy atom. The molecule has 0 radical (unpaired) electrons. The van der Waals surface area contributed by atoms with Crippen molar-refractivity contribution in [2.45, 2.75) is 19.8 Å². The summed E-state index contributed by atoms with van der Waals surface area (Å²) in [5, 5.41) is 9.14. The van der Waals surface area contributed by atoms with E-state index in [0.717, 1.165) is 46.7 Å². The number of nitriles is 1. The van der Waals surface area contributed by atoms with Crippen LogP contribution in [0.1, 0.15) is 36.7 Å². The maximum Gasteiger partial charge on any atom is 0.168 e. The molecule has 3 aromatic carbocycles. The molecule has 0 aliphatic rings. The van der Waals surface area contributed by atoms with Crippen molar-refractivity contribution in [3.8, 4) is 23.3 Å². The minimum Gasteiger partial charge on any atom is -0.493 e. The first-order valence-corrected chi connectivity index (χ1v) is 10.7. The van der Waals surface area contributed by atoms with E-state index < -0.39 is 0 Å². The summed E-state index contributed by atoms with van der Waals surface area (Å²) in [5.74, 6) is 2.24. The lowest BCUT2D eigenvalue weighted by atomic mass is 10.1. The molecule has 0 unspecified atom stereocenters. The molecule has 0 N–H and O–H groups in total. The van der Waals surface area contributed by atoms with E-state index >= 15 is 0 Å². The van der Waals surface area contributed by atoms with Gasteiger partial charge in [-0.15, -0.1) is 0 Å². The lowest BCUT2D eigenvalue weighted by Crippen LogP contribution is -2.00. The summed E-state index contributed by atoms with van der Waals surface area (Å²) in [6, 6.07) is 23.6. The monoisotopic (exact) mass is 423 g/mol. The second kappa shape index (κ2) is 9.84. The van der Waals surface area contributed by atoms with Crippen molar-refractivity contribution in [3.63, 3.8) is 0 Å². The molecular weight excluding hydrogens is 398 g/mol. The van der Waals surface area contributed by atoms with E-state index in [1.807, 2.05) is 78.9 Å². The Kier molecular flexibility index (Phi) is 6.52. The number of hydrogen-bond donors (Lipinski definition) is 0. The largest absolute Gasteiger partial charge is 0.493 e. The van der Waals surface area contributed by atoms with Crippen LogP contribution in [0.25, 0.3) is 28.9 Å². The van der Waals surface area contributed by atoms with Crippen LogP contribution in [0.3, 0.4) is 0 Å². The predicted octanol–water partition coefficient (Wildman–Crippen LogP) is 6.26. The lowest BCUT2D eigenvalue weighted by Gasteiger charge is -2.13. The van der Waals surface area contributed by atoms with Gasteiger partial charge in [0, 0.05) is 11.3 Å². The molecule has 0 atom stereocenters. The van der Waals surface area contributed by atoms with Crippen molar-refractivity contribution in [1.82, 2.24) is 9.55 Å². The maximum absolute atomic E-state index is 9.14. The second-order valence-electron chi connectivity index (χ2n) is 7.37. The number of para-hydroxylation sites is 3. The summed E-state index contributed by atoms with van der Waals surface area (Å²) in [6.07, 6.45) is 6.04. The highest BCUT2D eigenvalue weighted by Crippen LogP contribution is 2.33. The zero-order valence-corrected chi connectivity index (χ0v) is 18.3. The lowest BCUT2D eigenvalue weighted by molar-refractivity contribution is 0.287. The summed E-state index contributed by atoms with van der Waals surface area (Å²) in [7, 11) is 1.65. The number of benzene rings is 3. The van der Waals surface area contributed by atoms with Crippen LogP contribution in [0.15, 0.2) is 66.7 Å². The van der Waals surface area contributed by atoms with Crippen LogP contribution in [-0.2, 0) is 0 Å². The van der Waals surface area contributed by atoms with E-state index in [1.165, 1.54) is 0 Å². The SMILES string of the molecule is CCCCOc1c(C=Cc2nc3ccccc3n2-c2ccc(C#N)cc2)cccc1OC. The minimum absolute atomic E-state index is 0.625. The Hall–Kier alpha value is -4.04. The Morgan fingerprint density at radius 3 is 2.56 bits per heavy atom. The first-order chi connectivity index (χ1) is 15.7. The fraction of sp³-hybridized carbons (Fsp3) is 0.185. The first kappa shape index (κ1) is 21.2. The fourth-order valence-electron chi connectivity index (χ4n) is 3.57. The number of aromatic nitrogens is 2. The average Bonchev–Trinajstić information content (AvgIpc) is 3.21. The van der Waals surface area contributed by atoms with Gasteiger partial charge in [-0.25, -0.2) is 4.98 Å². The Balaban J connectivity index is 1.77. The molecule has 4 rings (SSSR count). The van der Waals surface area contributed by atoms with Gasteiger partial charge in [-0.2, -0.15) is 5.26 Å². The number of methoxy groups -OCH3 is 1. The number of rotatable bonds is 8. The highest BCUT2D eigenvalue weighted by atomic mass is 16.5. The van der Waals surface area contributed by atoms with E-state index in [9.17, 15) is 0 Å². The molecule has 4 aromatic rings. The zero-order valence-electron chi connectivity index (χ0n) is 18.3. The van der Waals surface area contributed by atoms with Gasteiger partial charge in [0.1, 0.15) is 5.82 Å². The van der Waals surface area contributed by atoms with E-state index in [0.29, 0.717) is 17.9 Å². The highest BCUT2D eigenvalue weighted by molar-refractivity contribution is 5.83. The summed E-state index contributed by atoms with van der Waals surface area (Å²) in [5.41, 5.74) is 4.41. The molecule has 1 aromatic heterocycles. The van der Waals surface area contributed by atoms with E-state index in [2.05, 4.69) is 17.6 Å². The molecule has 32 heavy (non-hydrogen) atoms. The van der Waals surface area contributed by atoms with Crippen LogP contribution in [0.5, 0.6) is 11.5 Å². The number of hydrogen-bond acceptors (Lipinski definition) is 4. The van der Waals surface area contributed by atoms with E-state index in [1.54, 1.807) is 7.11 Å². The van der Waals surface area contributed by atoms with Gasteiger partial charge in [-0.3, -0.25) is 4.57 Å². The summed E-state index contributed by atoms with van der Waals surface area (Å²) < 4.78 is 13.7. The molecule has 0 spiro atoms. The molecular formula is C27H25N3O2. The first-order valence-electron chi connectivity index (χ1n) is 10.7. The van der Waals surface area contributed by atoms with Crippen molar-refractivity contribution < 1.29 is 9.47 Å². The normalized spacial score (nSPS) is 11.0. The van der Waals surface area contributed by atoms with Gasteiger partial charge in [-0.1, -0.05) is 37.6 Å². The Labute approximate surface area is 188 Å². The molecule has 0 fully saturated rings. The van der Waals surface area contributed by atoms with Gasteiger partial charge in [0.25, 0.3) is 0 Å². The minimum atomic E-state index is 0.625. The number of nitrogens with zero attached hydrogens (tertiary/aromatic N) is 3. The van der Waals surface area contributed by atoms with E-state index in [4.69, 9.17) is 19.7 Å². The van der Waals surface area contributed by atoms with Crippen molar-refractivity contribution in [1.29, 1.82) is 5.26 Å². The van der Waals surface area contributed by atoms with Gasteiger partial charge in [0.15, 0.2) is 11.5 Å². The number of ether oxygens (including phenoxy) is 2. The van der Waals surface area contributed by atoms with Gasteiger partial charge in [0.05, 0.1) is 36.4 Å². The van der Waals surface area contributed by atoms with Crippen LogP contribution in [0, 0.1) is 11.3 Å². The molecule has 0 aliphatic heterocycles.